The summed E-state index contributed by atoms with van der Waals surface area (Å²) in [6.07, 6.45) is 2.83. The minimum absolute atomic E-state index is 0.539. The molecule has 4 heteroatoms. The van der Waals surface area contributed by atoms with E-state index >= 15 is 0 Å². The Hall–Kier alpha value is -2.33. The van der Waals surface area contributed by atoms with Crippen molar-refractivity contribution in [3.8, 4) is 5.88 Å². The Bertz CT molecular complexity index is 689. The molecule has 19 heavy (non-hydrogen) atoms. The topological polar surface area (TPSA) is 58.1 Å². The van der Waals surface area contributed by atoms with E-state index in [0.717, 1.165) is 22.0 Å². The van der Waals surface area contributed by atoms with Crippen molar-refractivity contribution in [1.29, 1.82) is 0 Å². The molecule has 0 saturated heterocycles. The van der Waals surface area contributed by atoms with Crippen LogP contribution in [0.1, 0.15) is 17.2 Å². The Labute approximate surface area is 110 Å². The molecule has 4 nitrogen and oxygen atoms in total. The maximum Gasteiger partial charge on any atom is 0.212 e. The van der Waals surface area contributed by atoms with Crippen LogP contribution in [0, 0.1) is 0 Å². The number of aromatic nitrogens is 2. The summed E-state index contributed by atoms with van der Waals surface area (Å²) in [6, 6.07) is 11.4. The normalized spacial score (nSPS) is 12.5. The van der Waals surface area contributed by atoms with E-state index in [1.807, 2.05) is 36.5 Å². The average molecular weight is 254 g/mol. The molecule has 3 aromatic rings. The Morgan fingerprint density at radius 3 is 2.74 bits per heavy atom. The van der Waals surface area contributed by atoms with Crippen LogP contribution in [0.3, 0.4) is 0 Å². The number of nitrogens with zero attached hydrogens (tertiary/aromatic N) is 1. The monoisotopic (exact) mass is 254 g/mol. The molecule has 0 spiro atoms. The van der Waals surface area contributed by atoms with Crippen LogP contribution in [0.4, 0.5) is 0 Å². The molecule has 2 heterocycles. The summed E-state index contributed by atoms with van der Waals surface area (Å²) in [6.45, 7) is 0. The van der Waals surface area contributed by atoms with Gasteiger partial charge < -0.3 is 14.8 Å². The van der Waals surface area contributed by atoms with E-state index in [9.17, 15) is 5.11 Å². The van der Waals surface area contributed by atoms with Crippen molar-refractivity contribution in [3.05, 3.63) is 59.9 Å². The number of pyridine rings is 1. The Morgan fingerprint density at radius 2 is 2.00 bits per heavy atom. The third-order valence-corrected chi connectivity index (χ3v) is 3.18. The summed E-state index contributed by atoms with van der Waals surface area (Å²) in [5, 5.41) is 11.4. The lowest BCUT2D eigenvalue weighted by Crippen LogP contribution is -2.00. The highest BCUT2D eigenvalue weighted by atomic mass is 16.5. The zero-order chi connectivity index (χ0) is 13.2. The molecule has 0 aliphatic carbocycles. The van der Waals surface area contributed by atoms with Gasteiger partial charge in [0.2, 0.25) is 5.88 Å². The number of nitrogens with one attached hydrogen (secondary N) is 1. The third kappa shape index (κ3) is 2.18. The molecular weight excluding hydrogens is 240 g/mol. The smallest absolute Gasteiger partial charge is 0.212 e. The molecule has 2 aromatic heterocycles. The van der Waals surface area contributed by atoms with Crippen molar-refractivity contribution in [1.82, 2.24) is 9.97 Å². The van der Waals surface area contributed by atoms with Crippen molar-refractivity contribution >= 4 is 10.9 Å². The predicted molar refractivity (Wildman–Crippen MR) is 73.1 cm³/mol. The minimum atomic E-state index is -0.683. The van der Waals surface area contributed by atoms with Gasteiger partial charge in [-0.1, -0.05) is 6.07 Å². The maximum absolute atomic E-state index is 10.4. The van der Waals surface area contributed by atoms with Crippen molar-refractivity contribution in [2.45, 2.75) is 6.10 Å². The number of aliphatic hydroxyl groups is 1. The molecule has 0 bridgehead atoms. The first-order valence-electron chi connectivity index (χ1n) is 6.03. The largest absolute Gasteiger partial charge is 0.481 e. The molecule has 3 rings (SSSR count). The van der Waals surface area contributed by atoms with Crippen LogP contribution in [0.15, 0.2) is 48.8 Å². The van der Waals surface area contributed by atoms with Crippen LogP contribution in [-0.4, -0.2) is 22.2 Å². The fourth-order valence-electron chi connectivity index (χ4n) is 2.11. The number of hydrogen-bond donors (Lipinski definition) is 2. The van der Waals surface area contributed by atoms with Gasteiger partial charge in [0.25, 0.3) is 0 Å². The van der Waals surface area contributed by atoms with Crippen LogP contribution in [0.25, 0.3) is 10.9 Å². The van der Waals surface area contributed by atoms with Gasteiger partial charge in [0, 0.05) is 29.5 Å². The SMILES string of the molecule is COc1ccc(C(O)c2ccc3[nH]ccc3c2)cn1. The molecule has 0 aliphatic heterocycles. The second-order valence-corrected chi connectivity index (χ2v) is 4.36. The second kappa shape index (κ2) is 4.74. The predicted octanol–water partition coefficient (Wildman–Crippen LogP) is 2.65. The van der Waals surface area contributed by atoms with Gasteiger partial charge in [-0.15, -0.1) is 0 Å². The number of ether oxygens (including phenoxy) is 1. The van der Waals surface area contributed by atoms with Crippen molar-refractivity contribution in [2.75, 3.05) is 7.11 Å². The van der Waals surface area contributed by atoms with Crippen molar-refractivity contribution in [3.63, 3.8) is 0 Å². The van der Waals surface area contributed by atoms with Gasteiger partial charge in [-0.2, -0.15) is 0 Å². The van der Waals surface area contributed by atoms with E-state index in [1.54, 1.807) is 19.4 Å². The van der Waals surface area contributed by atoms with Crippen LogP contribution in [0.5, 0.6) is 5.88 Å². The van der Waals surface area contributed by atoms with E-state index in [4.69, 9.17) is 4.74 Å². The minimum Gasteiger partial charge on any atom is -0.481 e. The zero-order valence-electron chi connectivity index (χ0n) is 10.5. The number of methoxy groups -OCH3 is 1. The van der Waals surface area contributed by atoms with E-state index in [1.165, 1.54) is 0 Å². The van der Waals surface area contributed by atoms with Gasteiger partial charge >= 0.3 is 0 Å². The van der Waals surface area contributed by atoms with Crippen LogP contribution >= 0.6 is 0 Å². The Balaban J connectivity index is 1.94. The molecule has 0 amide bonds. The first-order chi connectivity index (χ1) is 9.28. The Kier molecular flexibility index (Phi) is 2.93. The number of benzene rings is 1. The average Bonchev–Trinajstić information content (AvgIpc) is 2.94. The maximum atomic E-state index is 10.4. The molecule has 96 valence electrons. The van der Waals surface area contributed by atoms with Gasteiger partial charge in [0.15, 0.2) is 0 Å². The van der Waals surface area contributed by atoms with Crippen molar-refractivity contribution in [2.24, 2.45) is 0 Å². The molecule has 1 aromatic carbocycles. The summed E-state index contributed by atoms with van der Waals surface area (Å²) in [5.74, 6) is 0.539. The third-order valence-electron chi connectivity index (χ3n) is 3.18. The lowest BCUT2D eigenvalue weighted by atomic mass is 10.0. The fourth-order valence-corrected chi connectivity index (χ4v) is 2.11. The Morgan fingerprint density at radius 1 is 1.16 bits per heavy atom. The molecule has 2 N–H and O–H groups in total. The van der Waals surface area contributed by atoms with Crippen molar-refractivity contribution < 1.29 is 9.84 Å². The van der Waals surface area contributed by atoms with Gasteiger partial charge in [-0.3, -0.25) is 0 Å². The summed E-state index contributed by atoms with van der Waals surface area (Å²) < 4.78 is 5.00. The van der Waals surface area contributed by atoms with Gasteiger partial charge in [0.1, 0.15) is 6.10 Å². The van der Waals surface area contributed by atoms with Gasteiger partial charge in [-0.05, 0) is 35.2 Å². The summed E-state index contributed by atoms with van der Waals surface area (Å²) in [4.78, 5) is 7.24. The lowest BCUT2D eigenvalue weighted by Gasteiger charge is -2.11. The van der Waals surface area contributed by atoms with Crippen LogP contribution in [-0.2, 0) is 0 Å². The quantitative estimate of drug-likeness (QED) is 0.755. The number of aliphatic hydroxyl groups excluding tert-OH is 1. The first kappa shape index (κ1) is 11.7. The lowest BCUT2D eigenvalue weighted by molar-refractivity contribution is 0.220. The highest BCUT2D eigenvalue weighted by Gasteiger charge is 2.11. The van der Waals surface area contributed by atoms with E-state index < -0.39 is 6.10 Å². The van der Waals surface area contributed by atoms with E-state index in [-0.39, 0.29) is 0 Å². The fraction of sp³-hybridized carbons (Fsp3) is 0.133. The van der Waals surface area contributed by atoms with Gasteiger partial charge in [0.05, 0.1) is 7.11 Å². The highest BCUT2D eigenvalue weighted by Crippen LogP contribution is 2.25. The molecule has 1 atom stereocenters. The van der Waals surface area contributed by atoms with Gasteiger partial charge in [-0.25, -0.2) is 4.98 Å². The molecule has 0 fully saturated rings. The molecule has 0 saturated carbocycles. The molecular formula is C15H14N2O2. The molecule has 0 radical (unpaired) electrons. The standard InChI is InChI=1S/C15H14N2O2/c1-19-14-5-3-12(9-17-14)15(18)11-2-4-13-10(8-11)6-7-16-13/h2-9,15-16,18H,1H3. The molecule has 1 unspecified atom stereocenters. The number of aromatic amines is 1. The summed E-state index contributed by atoms with van der Waals surface area (Å²) in [5.41, 5.74) is 2.65. The highest BCUT2D eigenvalue weighted by molar-refractivity contribution is 5.80. The molecule has 0 aliphatic rings. The van der Waals surface area contributed by atoms with E-state index in [2.05, 4.69) is 9.97 Å². The van der Waals surface area contributed by atoms with Crippen LogP contribution < -0.4 is 4.74 Å². The number of H-pyrrole nitrogens is 1. The van der Waals surface area contributed by atoms with Crippen LogP contribution in [0.2, 0.25) is 0 Å². The summed E-state index contributed by atoms with van der Waals surface area (Å²) >= 11 is 0. The zero-order valence-corrected chi connectivity index (χ0v) is 10.5. The first-order valence-corrected chi connectivity index (χ1v) is 6.03. The number of fused-ring (bicyclic) bond motifs is 1. The summed E-state index contributed by atoms with van der Waals surface area (Å²) in [7, 11) is 1.57. The number of rotatable bonds is 3. The van der Waals surface area contributed by atoms with E-state index in [0.29, 0.717) is 5.88 Å². The number of hydrogen-bond acceptors (Lipinski definition) is 3. The second-order valence-electron chi connectivity index (χ2n) is 4.36.